The molecule has 3 amide bonds. The molecule has 1 aromatic rings. The fourth-order valence-electron chi connectivity index (χ4n) is 2.21. The lowest BCUT2D eigenvalue weighted by molar-refractivity contribution is -0.121. The highest BCUT2D eigenvalue weighted by molar-refractivity contribution is 5.85. The quantitative estimate of drug-likeness (QED) is 0.623. The van der Waals surface area contributed by atoms with Gasteiger partial charge in [0.05, 0.1) is 0 Å². The Hall–Kier alpha value is -1.79. The highest BCUT2D eigenvalue weighted by atomic mass is 35.5. The Morgan fingerprint density at radius 3 is 2.28 bits per heavy atom. The molecular weight excluding hydrogens is 340 g/mol. The van der Waals surface area contributed by atoms with Gasteiger partial charge in [-0.1, -0.05) is 44.2 Å². The van der Waals surface area contributed by atoms with Crippen molar-refractivity contribution in [2.75, 3.05) is 20.1 Å². The lowest BCUT2D eigenvalue weighted by Crippen LogP contribution is -2.49. The molecule has 4 N–H and O–H groups in total. The molecular formula is C18H31ClN4O2. The summed E-state index contributed by atoms with van der Waals surface area (Å²) in [5.74, 6) is -0.0993. The van der Waals surface area contributed by atoms with Gasteiger partial charge in [0, 0.05) is 38.6 Å². The average Bonchev–Trinajstić information content (AvgIpc) is 2.60. The first-order valence-electron chi connectivity index (χ1n) is 8.48. The van der Waals surface area contributed by atoms with E-state index in [4.69, 9.17) is 5.73 Å². The molecule has 6 nitrogen and oxygen atoms in total. The van der Waals surface area contributed by atoms with Crippen LogP contribution in [0.1, 0.15) is 38.7 Å². The van der Waals surface area contributed by atoms with Gasteiger partial charge in [0.15, 0.2) is 0 Å². The predicted octanol–water partition coefficient (Wildman–Crippen LogP) is 2.27. The number of carbonyl (C=O) groups excluding carboxylic acids is 2. The standard InChI is InChI=1S/C18H30N4O2.ClH/c1-4-18(19,5-2)14-21-16(23)11-12-20-17(24)22(3)13-15-9-7-6-8-10-15;/h6-10H,4-5,11-14,19H2,1-3H3,(H,20,24)(H,21,23);1H. The summed E-state index contributed by atoms with van der Waals surface area (Å²) in [5, 5.41) is 5.59. The van der Waals surface area contributed by atoms with Crippen molar-refractivity contribution in [3.05, 3.63) is 35.9 Å². The molecule has 1 rings (SSSR count). The fraction of sp³-hybridized carbons (Fsp3) is 0.556. The van der Waals surface area contributed by atoms with E-state index >= 15 is 0 Å². The Labute approximate surface area is 156 Å². The molecule has 0 saturated carbocycles. The lowest BCUT2D eigenvalue weighted by atomic mass is 9.94. The topological polar surface area (TPSA) is 87.5 Å². The molecule has 0 atom stereocenters. The van der Waals surface area contributed by atoms with Gasteiger partial charge in [-0.05, 0) is 18.4 Å². The molecule has 0 aliphatic carbocycles. The third-order valence-electron chi connectivity index (χ3n) is 4.28. The zero-order valence-electron chi connectivity index (χ0n) is 15.4. The third kappa shape index (κ3) is 8.74. The summed E-state index contributed by atoms with van der Waals surface area (Å²) < 4.78 is 0. The summed E-state index contributed by atoms with van der Waals surface area (Å²) >= 11 is 0. The summed E-state index contributed by atoms with van der Waals surface area (Å²) in [6.45, 7) is 5.32. The molecule has 0 aliphatic heterocycles. The van der Waals surface area contributed by atoms with Gasteiger partial charge in [0.2, 0.25) is 5.91 Å². The predicted molar refractivity (Wildman–Crippen MR) is 104 cm³/mol. The number of carbonyl (C=O) groups is 2. The molecule has 0 heterocycles. The molecule has 0 radical (unpaired) electrons. The Morgan fingerprint density at radius 2 is 1.72 bits per heavy atom. The lowest BCUT2D eigenvalue weighted by Gasteiger charge is -2.26. The van der Waals surface area contributed by atoms with Crippen LogP contribution in [0.15, 0.2) is 30.3 Å². The summed E-state index contributed by atoms with van der Waals surface area (Å²) in [7, 11) is 1.73. The maximum atomic E-state index is 12.0. The Kier molecular flexibility index (Phi) is 10.9. The largest absolute Gasteiger partial charge is 0.354 e. The highest BCUT2D eigenvalue weighted by Gasteiger charge is 2.20. The number of nitrogens with two attached hydrogens (primary N) is 1. The van der Waals surface area contributed by atoms with Crippen molar-refractivity contribution in [1.82, 2.24) is 15.5 Å². The number of halogens is 1. The van der Waals surface area contributed by atoms with Gasteiger partial charge >= 0.3 is 6.03 Å². The van der Waals surface area contributed by atoms with Crippen molar-refractivity contribution in [3.8, 4) is 0 Å². The van der Waals surface area contributed by atoms with Gasteiger partial charge in [-0.3, -0.25) is 4.79 Å². The van der Waals surface area contributed by atoms with Crippen molar-refractivity contribution in [2.45, 2.75) is 45.2 Å². The van der Waals surface area contributed by atoms with Crippen molar-refractivity contribution >= 4 is 24.3 Å². The number of rotatable bonds is 9. The first-order valence-corrected chi connectivity index (χ1v) is 8.48. The molecule has 0 saturated heterocycles. The molecule has 142 valence electrons. The normalized spacial score (nSPS) is 10.6. The average molecular weight is 371 g/mol. The van der Waals surface area contributed by atoms with Crippen LogP contribution >= 0.6 is 12.4 Å². The Bertz CT molecular complexity index is 521. The molecule has 1 aromatic carbocycles. The summed E-state index contributed by atoms with van der Waals surface area (Å²) in [5.41, 5.74) is 6.85. The smallest absolute Gasteiger partial charge is 0.317 e. The summed E-state index contributed by atoms with van der Waals surface area (Å²) in [6, 6.07) is 9.57. The van der Waals surface area contributed by atoms with Gasteiger partial charge in [-0.2, -0.15) is 0 Å². The SMILES string of the molecule is CCC(N)(CC)CNC(=O)CCNC(=O)N(C)Cc1ccccc1.Cl. The van der Waals surface area contributed by atoms with Crippen LogP contribution in [0.2, 0.25) is 0 Å². The fourth-order valence-corrected chi connectivity index (χ4v) is 2.21. The molecule has 0 aliphatic rings. The molecule has 25 heavy (non-hydrogen) atoms. The van der Waals surface area contributed by atoms with E-state index in [1.165, 1.54) is 0 Å². The minimum absolute atomic E-state index is 0. The van der Waals surface area contributed by atoms with Crippen LogP contribution in [0.3, 0.4) is 0 Å². The number of hydrogen-bond acceptors (Lipinski definition) is 3. The van der Waals surface area contributed by atoms with E-state index in [0.717, 1.165) is 18.4 Å². The van der Waals surface area contributed by atoms with Crippen LogP contribution in [0.25, 0.3) is 0 Å². The number of amides is 3. The number of nitrogens with one attached hydrogen (secondary N) is 2. The van der Waals surface area contributed by atoms with Gasteiger partial charge in [-0.25, -0.2) is 4.79 Å². The van der Waals surface area contributed by atoms with Crippen molar-refractivity contribution in [1.29, 1.82) is 0 Å². The molecule has 0 unspecified atom stereocenters. The van der Waals surface area contributed by atoms with E-state index in [1.54, 1.807) is 11.9 Å². The van der Waals surface area contributed by atoms with Crippen LogP contribution < -0.4 is 16.4 Å². The zero-order chi connectivity index (χ0) is 18.0. The van der Waals surface area contributed by atoms with E-state index in [0.29, 0.717) is 19.6 Å². The van der Waals surface area contributed by atoms with Crippen molar-refractivity contribution < 1.29 is 9.59 Å². The van der Waals surface area contributed by atoms with Gasteiger partial charge in [-0.15, -0.1) is 12.4 Å². The first-order chi connectivity index (χ1) is 11.4. The Balaban J connectivity index is 0.00000576. The van der Waals surface area contributed by atoms with Crippen LogP contribution in [0.5, 0.6) is 0 Å². The molecule has 0 fully saturated rings. The van der Waals surface area contributed by atoms with Gasteiger partial charge in [0.25, 0.3) is 0 Å². The number of hydrogen-bond donors (Lipinski definition) is 3. The number of urea groups is 1. The van der Waals surface area contributed by atoms with Gasteiger partial charge in [0.1, 0.15) is 0 Å². The molecule has 0 bridgehead atoms. The van der Waals surface area contributed by atoms with E-state index in [1.807, 2.05) is 44.2 Å². The van der Waals surface area contributed by atoms with Crippen LogP contribution in [-0.4, -0.2) is 42.5 Å². The molecule has 0 spiro atoms. The van der Waals surface area contributed by atoms with E-state index in [2.05, 4.69) is 10.6 Å². The monoisotopic (exact) mass is 370 g/mol. The van der Waals surface area contributed by atoms with Crippen molar-refractivity contribution in [3.63, 3.8) is 0 Å². The second-order valence-electron chi connectivity index (χ2n) is 6.17. The van der Waals surface area contributed by atoms with Crippen LogP contribution in [0.4, 0.5) is 4.79 Å². The highest BCUT2D eigenvalue weighted by Crippen LogP contribution is 2.09. The number of nitrogens with zero attached hydrogens (tertiary/aromatic N) is 1. The summed E-state index contributed by atoms with van der Waals surface area (Å²) in [4.78, 5) is 25.4. The molecule has 7 heteroatoms. The number of benzene rings is 1. The minimum Gasteiger partial charge on any atom is -0.354 e. The van der Waals surface area contributed by atoms with Gasteiger partial charge < -0.3 is 21.3 Å². The maximum absolute atomic E-state index is 12.0. The first kappa shape index (κ1) is 23.2. The molecule has 0 aromatic heterocycles. The minimum atomic E-state index is -0.352. The van der Waals surface area contributed by atoms with Crippen LogP contribution in [-0.2, 0) is 11.3 Å². The zero-order valence-corrected chi connectivity index (χ0v) is 16.2. The van der Waals surface area contributed by atoms with E-state index in [-0.39, 0.29) is 36.3 Å². The summed E-state index contributed by atoms with van der Waals surface area (Å²) in [6.07, 6.45) is 1.87. The van der Waals surface area contributed by atoms with E-state index in [9.17, 15) is 9.59 Å². The van der Waals surface area contributed by atoms with Crippen molar-refractivity contribution in [2.24, 2.45) is 5.73 Å². The second kappa shape index (κ2) is 11.7. The third-order valence-corrected chi connectivity index (χ3v) is 4.28. The van der Waals surface area contributed by atoms with E-state index < -0.39 is 0 Å². The van der Waals surface area contributed by atoms with Crippen LogP contribution in [0, 0.1) is 0 Å². The second-order valence-corrected chi connectivity index (χ2v) is 6.17. The maximum Gasteiger partial charge on any atom is 0.317 e. The Morgan fingerprint density at radius 1 is 1.12 bits per heavy atom.